The summed E-state index contributed by atoms with van der Waals surface area (Å²) in [6, 6.07) is 8.97. The van der Waals surface area contributed by atoms with Crippen LogP contribution in [-0.4, -0.2) is 42.4 Å². The van der Waals surface area contributed by atoms with E-state index in [0.29, 0.717) is 13.0 Å². The molecule has 1 fully saturated rings. The second-order valence-electron chi connectivity index (χ2n) is 7.97. The number of aliphatic imine (C=N–C) groups is 1. The first-order valence-electron chi connectivity index (χ1n) is 9.75. The molecule has 144 valence electrons. The maximum atomic E-state index is 11.8. The third-order valence-electron chi connectivity index (χ3n) is 4.77. The molecule has 2 rings (SSSR count). The van der Waals surface area contributed by atoms with Crippen LogP contribution in [0.4, 0.5) is 0 Å². The summed E-state index contributed by atoms with van der Waals surface area (Å²) in [5.74, 6) is 1.05. The van der Waals surface area contributed by atoms with E-state index >= 15 is 0 Å². The number of carbonyl (C=O) groups is 1. The van der Waals surface area contributed by atoms with E-state index in [-0.39, 0.29) is 17.4 Å². The molecule has 1 aromatic rings. The number of guanidine groups is 1. The van der Waals surface area contributed by atoms with Gasteiger partial charge in [0.15, 0.2) is 5.96 Å². The van der Waals surface area contributed by atoms with Crippen molar-refractivity contribution in [2.24, 2.45) is 4.99 Å². The second kappa shape index (κ2) is 9.06. The Morgan fingerprint density at radius 2 is 1.92 bits per heavy atom. The summed E-state index contributed by atoms with van der Waals surface area (Å²) >= 11 is 0. The Labute approximate surface area is 158 Å². The fourth-order valence-corrected chi connectivity index (χ4v) is 3.12. The van der Waals surface area contributed by atoms with E-state index in [2.05, 4.69) is 62.6 Å². The summed E-state index contributed by atoms with van der Waals surface area (Å²) in [7, 11) is 0. The van der Waals surface area contributed by atoms with Crippen molar-refractivity contribution >= 4 is 11.9 Å². The highest BCUT2D eigenvalue weighted by Crippen LogP contribution is 2.22. The highest BCUT2D eigenvalue weighted by atomic mass is 16.2. The molecule has 1 saturated heterocycles. The number of rotatable bonds is 5. The van der Waals surface area contributed by atoms with Gasteiger partial charge in [-0.25, -0.2) is 4.99 Å². The number of amides is 1. The molecule has 1 aliphatic heterocycles. The van der Waals surface area contributed by atoms with Gasteiger partial charge >= 0.3 is 0 Å². The predicted octanol–water partition coefficient (Wildman–Crippen LogP) is 3.05. The molecule has 0 bridgehead atoms. The molecule has 26 heavy (non-hydrogen) atoms. The van der Waals surface area contributed by atoms with E-state index in [1.165, 1.54) is 11.1 Å². The highest BCUT2D eigenvalue weighted by molar-refractivity contribution is 5.80. The zero-order valence-electron chi connectivity index (χ0n) is 16.9. The van der Waals surface area contributed by atoms with Crippen LogP contribution in [0.5, 0.6) is 0 Å². The van der Waals surface area contributed by atoms with Crippen LogP contribution in [-0.2, 0) is 16.8 Å². The van der Waals surface area contributed by atoms with E-state index in [4.69, 9.17) is 4.99 Å². The maximum Gasteiger partial charge on any atom is 0.222 e. The minimum Gasteiger partial charge on any atom is -0.357 e. The molecular formula is C21H34N4O. The average Bonchev–Trinajstić information content (AvgIpc) is 3.07. The Balaban J connectivity index is 1.95. The Bertz CT molecular complexity index is 616. The van der Waals surface area contributed by atoms with Gasteiger partial charge in [-0.2, -0.15) is 0 Å². The summed E-state index contributed by atoms with van der Waals surface area (Å²) < 4.78 is 0. The molecule has 5 nitrogen and oxygen atoms in total. The smallest absolute Gasteiger partial charge is 0.222 e. The monoisotopic (exact) mass is 358 g/mol. The SMILES string of the molecule is CCNC(=NCc1ccc(C(C)(C)C)cc1)NC1CCN(C(=O)CC)C1. The molecule has 1 aliphatic rings. The molecule has 0 aromatic heterocycles. The lowest BCUT2D eigenvalue weighted by molar-refractivity contribution is -0.129. The molecule has 0 aliphatic carbocycles. The van der Waals surface area contributed by atoms with Crippen LogP contribution in [0.1, 0.15) is 58.6 Å². The molecule has 2 N–H and O–H groups in total. The van der Waals surface area contributed by atoms with Crippen LogP contribution >= 0.6 is 0 Å². The standard InChI is InChI=1S/C21H34N4O/c1-6-19(26)25-13-12-18(15-25)24-20(22-7-2)23-14-16-8-10-17(11-9-16)21(3,4)5/h8-11,18H,6-7,12-15H2,1-5H3,(H2,22,23,24). The number of benzene rings is 1. The van der Waals surface area contributed by atoms with Crippen molar-refractivity contribution in [2.45, 2.75) is 65.5 Å². The van der Waals surface area contributed by atoms with Crippen molar-refractivity contribution in [1.29, 1.82) is 0 Å². The molecular weight excluding hydrogens is 324 g/mol. The van der Waals surface area contributed by atoms with Gasteiger partial charge in [0, 0.05) is 32.1 Å². The van der Waals surface area contributed by atoms with E-state index in [0.717, 1.165) is 32.0 Å². The Morgan fingerprint density at radius 3 is 2.50 bits per heavy atom. The fourth-order valence-electron chi connectivity index (χ4n) is 3.12. The van der Waals surface area contributed by atoms with Gasteiger partial charge in [-0.1, -0.05) is 52.0 Å². The zero-order chi connectivity index (χ0) is 19.2. The summed E-state index contributed by atoms with van der Waals surface area (Å²) in [6.07, 6.45) is 1.54. The number of hydrogen-bond acceptors (Lipinski definition) is 2. The lowest BCUT2D eigenvalue weighted by atomic mass is 9.87. The van der Waals surface area contributed by atoms with Crippen LogP contribution in [0.15, 0.2) is 29.3 Å². The molecule has 1 amide bonds. The minimum atomic E-state index is 0.169. The molecule has 0 spiro atoms. The lowest BCUT2D eigenvalue weighted by Crippen LogP contribution is -2.45. The van der Waals surface area contributed by atoms with Crippen molar-refractivity contribution in [1.82, 2.24) is 15.5 Å². The second-order valence-corrected chi connectivity index (χ2v) is 7.97. The largest absolute Gasteiger partial charge is 0.357 e. The van der Waals surface area contributed by atoms with Crippen LogP contribution < -0.4 is 10.6 Å². The fraction of sp³-hybridized carbons (Fsp3) is 0.619. The number of nitrogens with zero attached hydrogens (tertiary/aromatic N) is 2. The van der Waals surface area contributed by atoms with Crippen LogP contribution in [0.2, 0.25) is 0 Å². The molecule has 0 saturated carbocycles. The first-order chi connectivity index (χ1) is 12.3. The van der Waals surface area contributed by atoms with E-state index in [9.17, 15) is 4.79 Å². The number of nitrogens with one attached hydrogen (secondary N) is 2. The van der Waals surface area contributed by atoms with Gasteiger partial charge in [-0.15, -0.1) is 0 Å². The average molecular weight is 359 g/mol. The Hall–Kier alpha value is -2.04. The first kappa shape index (κ1) is 20.3. The lowest BCUT2D eigenvalue weighted by Gasteiger charge is -2.19. The van der Waals surface area contributed by atoms with E-state index in [1.54, 1.807) is 0 Å². The Morgan fingerprint density at radius 1 is 1.23 bits per heavy atom. The molecule has 1 aromatic carbocycles. The van der Waals surface area contributed by atoms with Crippen LogP contribution in [0.3, 0.4) is 0 Å². The van der Waals surface area contributed by atoms with Gasteiger partial charge in [-0.05, 0) is 29.9 Å². The summed E-state index contributed by atoms with van der Waals surface area (Å²) in [5, 5.41) is 6.79. The minimum absolute atomic E-state index is 0.169. The molecule has 1 unspecified atom stereocenters. The molecule has 1 heterocycles. The molecule has 0 radical (unpaired) electrons. The first-order valence-corrected chi connectivity index (χ1v) is 9.75. The Kier molecular flexibility index (Phi) is 7.06. The van der Waals surface area contributed by atoms with Gasteiger partial charge in [-0.3, -0.25) is 4.79 Å². The summed E-state index contributed by atoms with van der Waals surface area (Å²) in [6.45, 7) is 13.7. The van der Waals surface area contributed by atoms with E-state index < -0.39 is 0 Å². The van der Waals surface area contributed by atoms with Crippen molar-refractivity contribution in [3.8, 4) is 0 Å². The molecule has 1 atom stereocenters. The van der Waals surface area contributed by atoms with Crippen molar-refractivity contribution in [3.05, 3.63) is 35.4 Å². The maximum absolute atomic E-state index is 11.8. The van der Waals surface area contributed by atoms with Crippen LogP contribution in [0, 0.1) is 0 Å². The normalized spacial score (nSPS) is 18.1. The van der Waals surface area contributed by atoms with Gasteiger partial charge in [0.1, 0.15) is 0 Å². The third-order valence-corrected chi connectivity index (χ3v) is 4.77. The van der Waals surface area contributed by atoms with Crippen molar-refractivity contribution < 1.29 is 4.79 Å². The predicted molar refractivity (Wildman–Crippen MR) is 108 cm³/mol. The number of likely N-dealkylation sites (tertiary alicyclic amines) is 1. The van der Waals surface area contributed by atoms with Crippen LogP contribution in [0.25, 0.3) is 0 Å². The van der Waals surface area contributed by atoms with Gasteiger partial charge < -0.3 is 15.5 Å². The molecule has 5 heteroatoms. The van der Waals surface area contributed by atoms with E-state index in [1.807, 2.05) is 11.8 Å². The van der Waals surface area contributed by atoms with Gasteiger partial charge in [0.25, 0.3) is 0 Å². The van der Waals surface area contributed by atoms with Crippen molar-refractivity contribution in [2.75, 3.05) is 19.6 Å². The topological polar surface area (TPSA) is 56.7 Å². The van der Waals surface area contributed by atoms with Gasteiger partial charge in [0.2, 0.25) is 5.91 Å². The zero-order valence-corrected chi connectivity index (χ0v) is 16.9. The number of carbonyl (C=O) groups excluding carboxylic acids is 1. The number of hydrogen-bond donors (Lipinski definition) is 2. The third kappa shape index (κ3) is 5.75. The van der Waals surface area contributed by atoms with Gasteiger partial charge in [0.05, 0.1) is 6.54 Å². The summed E-state index contributed by atoms with van der Waals surface area (Å²) in [5.41, 5.74) is 2.70. The van der Waals surface area contributed by atoms with Crippen molar-refractivity contribution in [3.63, 3.8) is 0 Å². The highest BCUT2D eigenvalue weighted by Gasteiger charge is 2.25. The quantitative estimate of drug-likeness (QED) is 0.628. The summed E-state index contributed by atoms with van der Waals surface area (Å²) in [4.78, 5) is 18.5.